The maximum absolute atomic E-state index is 11.9. The molecule has 0 bridgehead atoms. The summed E-state index contributed by atoms with van der Waals surface area (Å²) >= 11 is 0. The first-order valence-corrected chi connectivity index (χ1v) is 6.74. The Bertz CT molecular complexity index is 454. The molecule has 2 aromatic heterocycles. The van der Waals surface area contributed by atoms with Crippen LogP contribution in [0.3, 0.4) is 0 Å². The van der Waals surface area contributed by atoms with Gasteiger partial charge in [-0.05, 0) is 25.5 Å². The van der Waals surface area contributed by atoms with Crippen LogP contribution in [-0.2, 0) is 6.18 Å². The normalized spacial score (nSPS) is 9.19. The molecule has 0 fully saturated rings. The van der Waals surface area contributed by atoms with Crippen molar-refractivity contribution in [1.29, 1.82) is 0 Å². The lowest BCUT2D eigenvalue weighted by Gasteiger charge is -2.05. The van der Waals surface area contributed by atoms with Gasteiger partial charge in [0, 0.05) is 18.0 Å². The van der Waals surface area contributed by atoms with Gasteiger partial charge in [-0.15, -0.1) is 0 Å². The Labute approximate surface area is 124 Å². The van der Waals surface area contributed by atoms with E-state index in [-0.39, 0.29) is 0 Å². The van der Waals surface area contributed by atoms with E-state index in [4.69, 9.17) is 0 Å². The van der Waals surface area contributed by atoms with Gasteiger partial charge in [-0.2, -0.15) is 13.2 Å². The van der Waals surface area contributed by atoms with E-state index in [1.807, 2.05) is 34.6 Å². The molecular weight excluding hydrogens is 281 g/mol. The zero-order valence-corrected chi connectivity index (χ0v) is 13.3. The summed E-state index contributed by atoms with van der Waals surface area (Å²) in [7, 11) is 0. The van der Waals surface area contributed by atoms with E-state index in [1.165, 1.54) is 6.20 Å². The fourth-order valence-corrected chi connectivity index (χ4v) is 0.968. The maximum Gasteiger partial charge on any atom is 0.417 e. The van der Waals surface area contributed by atoms with Crippen LogP contribution in [0.5, 0.6) is 0 Å². The third-order valence-corrected chi connectivity index (χ3v) is 1.76. The highest BCUT2D eigenvalue weighted by atomic mass is 19.4. The van der Waals surface area contributed by atoms with Gasteiger partial charge < -0.3 is 4.52 Å². The fraction of sp³-hybridized carbons (Fsp3) is 0.467. The van der Waals surface area contributed by atoms with E-state index in [1.54, 1.807) is 19.4 Å². The smallest absolute Gasteiger partial charge is 0.365 e. The van der Waals surface area contributed by atoms with E-state index in [2.05, 4.69) is 14.7 Å². The van der Waals surface area contributed by atoms with Crippen molar-refractivity contribution < 1.29 is 17.7 Å². The zero-order chi connectivity index (χ0) is 16.9. The molecule has 0 radical (unpaired) electrons. The summed E-state index contributed by atoms with van der Waals surface area (Å²) in [5.41, 5.74) is 0.882. The van der Waals surface area contributed by atoms with Gasteiger partial charge >= 0.3 is 6.18 Å². The molecule has 6 heteroatoms. The van der Waals surface area contributed by atoms with Crippen LogP contribution in [0.1, 0.15) is 44.4 Å². The molecule has 0 unspecified atom stereocenters. The lowest BCUT2D eigenvalue weighted by Crippen LogP contribution is -2.05. The number of halogens is 3. The first-order valence-electron chi connectivity index (χ1n) is 6.74. The first kappa shape index (κ1) is 21.4. The van der Waals surface area contributed by atoms with Gasteiger partial charge in [0.2, 0.25) is 0 Å². The minimum absolute atomic E-state index is 0.514. The molecule has 0 aliphatic rings. The van der Waals surface area contributed by atoms with Crippen molar-refractivity contribution in [3.05, 3.63) is 47.6 Å². The Balaban J connectivity index is 0. The highest BCUT2D eigenvalue weighted by Gasteiger charge is 2.30. The third kappa shape index (κ3) is 10.6. The van der Waals surface area contributed by atoms with Gasteiger partial charge in [-0.25, -0.2) is 0 Å². The van der Waals surface area contributed by atoms with Gasteiger partial charge in [0.25, 0.3) is 0 Å². The second kappa shape index (κ2) is 11.9. The van der Waals surface area contributed by atoms with Crippen LogP contribution in [-0.4, -0.2) is 10.1 Å². The average Bonchev–Trinajstić information content (AvgIpc) is 2.94. The number of aryl methyl sites for hydroxylation is 2. The molecule has 0 amide bonds. The standard InChI is InChI=1S/C7H6F3N.C4H5NO.2C2H6/c1-5-2-6(4-11-3-5)7(8,9)10;1-4-2-5-6-3-4;2*1-2/h2-4H,1H3;2-3H,1H3;2*1-2H3. The highest BCUT2D eigenvalue weighted by molar-refractivity contribution is 5.18. The molecule has 0 N–H and O–H groups in total. The van der Waals surface area contributed by atoms with Crippen molar-refractivity contribution in [2.24, 2.45) is 0 Å². The SMILES string of the molecule is CC.CC.Cc1cncc(C(F)(F)F)c1.Cc1cnoc1. The Kier molecular flexibility index (Phi) is 12.2. The van der Waals surface area contributed by atoms with Crippen molar-refractivity contribution >= 4 is 0 Å². The molecule has 2 heterocycles. The number of pyridine rings is 1. The summed E-state index contributed by atoms with van der Waals surface area (Å²) < 4.78 is 40.2. The molecule has 3 nitrogen and oxygen atoms in total. The van der Waals surface area contributed by atoms with E-state index in [0.717, 1.165) is 17.8 Å². The summed E-state index contributed by atoms with van der Waals surface area (Å²) in [5.74, 6) is 0. The van der Waals surface area contributed by atoms with Crippen LogP contribution in [0.25, 0.3) is 0 Å². The molecule has 0 atom stereocenters. The average molecular weight is 304 g/mol. The largest absolute Gasteiger partial charge is 0.417 e. The summed E-state index contributed by atoms with van der Waals surface area (Å²) in [6.45, 7) is 11.5. The highest BCUT2D eigenvalue weighted by Crippen LogP contribution is 2.28. The van der Waals surface area contributed by atoms with E-state index < -0.39 is 11.7 Å². The second-order valence-corrected chi connectivity index (χ2v) is 3.45. The summed E-state index contributed by atoms with van der Waals surface area (Å²) in [5, 5.41) is 3.45. The summed E-state index contributed by atoms with van der Waals surface area (Å²) in [6.07, 6.45) is 1.18. The molecule has 0 aliphatic carbocycles. The Morgan fingerprint density at radius 1 is 0.905 bits per heavy atom. The fourth-order valence-electron chi connectivity index (χ4n) is 0.968. The minimum atomic E-state index is -4.28. The maximum atomic E-state index is 11.9. The number of rotatable bonds is 0. The molecule has 0 aliphatic heterocycles. The van der Waals surface area contributed by atoms with E-state index in [0.29, 0.717) is 5.56 Å². The zero-order valence-electron chi connectivity index (χ0n) is 13.3. The van der Waals surface area contributed by atoms with Gasteiger partial charge in [0.15, 0.2) is 0 Å². The van der Waals surface area contributed by atoms with Crippen LogP contribution in [0.4, 0.5) is 13.2 Å². The van der Waals surface area contributed by atoms with Crippen LogP contribution < -0.4 is 0 Å². The quantitative estimate of drug-likeness (QED) is 0.650. The number of hydrogen-bond acceptors (Lipinski definition) is 3. The Morgan fingerprint density at radius 3 is 1.71 bits per heavy atom. The predicted octanol–water partition coefficient (Wildman–Crippen LogP) is 5.44. The second-order valence-electron chi connectivity index (χ2n) is 3.45. The molecular formula is C15H23F3N2O. The Hall–Kier alpha value is -1.85. The van der Waals surface area contributed by atoms with Crippen molar-refractivity contribution in [3.8, 4) is 0 Å². The predicted molar refractivity (Wildman–Crippen MR) is 77.9 cm³/mol. The summed E-state index contributed by atoms with van der Waals surface area (Å²) in [6, 6.07) is 1.06. The number of nitrogens with zero attached hydrogens (tertiary/aromatic N) is 2. The number of hydrogen-bond donors (Lipinski definition) is 0. The summed E-state index contributed by atoms with van der Waals surface area (Å²) in [4.78, 5) is 3.43. The molecule has 120 valence electrons. The van der Waals surface area contributed by atoms with Crippen molar-refractivity contribution in [2.45, 2.75) is 47.7 Å². The van der Waals surface area contributed by atoms with Crippen molar-refractivity contribution in [2.75, 3.05) is 0 Å². The van der Waals surface area contributed by atoms with E-state index in [9.17, 15) is 13.2 Å². The monoisotopic (exact) mass is 304 g/mol. The number of aromatic nitrogens is 2. The van der Waals surface area contributed by atoms with Gasteiger partial charge in [-0.3, -0.25) is 4.98 Å². The van der Waals surface area contributed by atoms with Crippen molar-refractivity contribution in [3.63, 3.8) is 0 Å². The molecule has 2 rings (SSSR count). The van der Waals surface area contributed by atoms with Crippen LogP contribution >= 0.6 is 0 Å². The van der Waals surface area contributed by atoms with Crippen LogP contribution in [0.15, 0.2) is 35.4 Å². The molecule has 0 saturated heterocycles. The molecule has 0 spiro atoms. The number of alkyl halides is 3. The van der Waals surface area contributed by atoms with Gasteiger partial charge in [0.05, 0.1) is 11.8 Å². The molecule has 0 aromatic carbocycles. The minimum Gasteiger partial charge on any atom is -0.365 e. The van der Waals surface area contributed by atoms with Crippen molar-refractivity contribution in [1.82, 2.24) is 10.1 Å². The first-order chi connectivity index (χ1) is 9.89. The topological polar surface area (TPSA) is 38.9 Å². The van der Waals surface area contributed by atoms with Gasteiger partial charge in [0.1, 0.15) is 6.26 Å². The van der Waals surface area contributed by atoms with Gasteiger partial charge in [-0.1, -0.05) is 32.9 Å². The molecule has 2 aromatic rings. The van der Waals surface area contributed by atoms with Crippen LogP contribution in [0, 0.1) is 13.8 Å². The molecule has 21 heavy (non-hydrogen) atoms. The van der Waals surface area contributed by atoms with Crippen LogP contribution in [0.2, 0.25) is 0 Å². The lowest BCUT2D eigenvalue weighted by molar-refractivity contribution is -0.137. The Morgan fingerprint density at radius 2 is 1.48 bits per heavy atom. The lowest BCUT2D eigenvalue weighted by atomic mass is 10.2. The van der Waals surface area contributed by atoms with E-state index >= 15 is 0 Å². The third-order valence-electron chi connectivity index (χ3n) is 1.76. The molecule has 0 saturated carbocycles.